The molecule has 0 radical (unpaired) electrons. The predicted molar refractivity (Wildman–Crippen MR) is 40.9 cm³/mol. The number of epoxide rings is 1. The van der Waals surface area contributed by atoms with Crippen molar-refractivity contribution in [2.45, 2.75) is 51.7 Å². The van der Waals surface area contributed by atoms with E-state index in [2.05, 4.69) is 20.8 Å². The van der Waals surface area contributed by atoms with Gasteiger partial charge in [0.2, 0.25) is 0 Å². The van der Waals surface area contributed by atoms with Crippen LogP contribution in [0, 0.1) is 5.41 Å². The summed E-state index contributed by atoms with van der Waals surface area (Å²) in [6.07, 6.45) is 4.49. The van der Waals surface area contributed by atoms with Gasteiger partial charge in [-0.2, -0.15) is 0 Å². The average Bonchev–Trinajstić information content (AvgIpc) is 2.35. The lowest BCUT2D eigenvalue weighted by Gasteiger charge is -2.30. The predicted octanol–water partition coefficient (Wildman–Crippen LogP) is 2.35. The Morgan fingerprint density at radius 3 is 2.50 bits per heavy atom. The highest BCUT2D eigenvalue weighted by Crippen LogP contribution is 2.53. The van der Waals surface area contributed by atoms with Gasteiger partial charge in [-0.15, -0.1) is 0 Å². The maximum absolute atomic E-state index is 5.60. The highest BCUT2D eigenvalue weighted by Gasteiger charge is 2.57. The minimum Gasteiger partial charge on any atom is -0.366 e. The van der Waals surface area contributed by atoms with Crippen molar-refractivity contribution in [1.82, 2.24) is 0 Å². The molecule has 1 heterocycles. The Labute approximate surface area is 62.8 Å². The lowest BCUT2D eigenvalue weighted by atomic mass is 9.73. The van der Waals surface area contributed by atoms with Crippen molar-refractivity contribution in [3.05, 3.63) is 0 Å². The second-order valence-corrected chi connectivity index (χ2v) is 4.80. The van der Waals surface area contributed by atoms with Gasteiger partial charge in [0.1, 0.15) is 0 Å². The van der Waals surface area contributed by atoms with Crippen LogP contribution in [0.25, 0.3) is 0 Å². The van der Waals surface area contributed by atoms with Crippen LogP contribution in [0.3, 0.4) is 0 Å². The van der Waals surface area contributed by atoms with Crippen molar-refractivity contribution in [3.63, 3.8) is 0 Å². The molecule has 0 amide bonds. The fraction of sp³-hybridized carbons (Fsp3) is 1.00. The Kier molecular flexibility index (Phi) is 1.05. The molecule has 1 nitrogen and oxygen atoms in total. The standard InChI is InChI=1S/C9H16O/c1-8(2)5-4-7-9(3,6-8)10-7/h7H,4-6H2,1-3H3. The summed E-state index contributed by atoms with van der Waals surface area (Å²) in [6.45, 7) is 6.94. The Bertz CT molecular complexity index is 159. The molecule has 0 aromatic carbocycles. The number of hydrogen-bond donors (Lipinski definition) is 0. The van der Waals surface area contributed by atoms with Gasteiger partial charge in [0.25, 0.3) is 0 Å². The first kappa shape index (κ1) is 6.66. The fourth-order valence-electron chi connectivity index (χ4n) is 2.37. The molecule has 0 aromatic heterocycles. The van der Waals surface area contributed by atoms with Crippen LogP contribution in [-0.2, 0) is 4.74 Å². The minimum absolute atomic E-state index is 0.280. The van der Waals surface area contributed by atoms with Crippen molar-refractivity contribution >= 4 is 0 Å². The zero-order valence-corrected chi connectivity index (χ0v) is 7.11. The summed E-state index contributed by atoms with van der Waals surface area (Å²) in [5.41, 5.74) is 0.809. The van der Waals surface area contributed by atoms with Gasteiger partial charge in [0, 0.05) is 0 Å². The van der Waals surface area contributed by atoms with E-state index in [0.29, 0.717) is 11.5 Å². The molecule has 0 aromatic rings. The summed E-state index contributed by atoms with van der Waals surface area (Å²) in [5, 5.41) is 0. The van der Waals surface area contributed by atoms with E-state index in [1.54, 1.807) is 0 Å². The number of hydrogen-bond acceptors (Lipinski definition) is 1. The molecule has 0 bridgehead atoms. The van der Waals surface area contributed by atoms with Crippen molar-refractivity contribution in [2.75, 3.05) is 0 Å². The van der Waals surface area contributed by atoms with Crippen molar-refractivity contribution in [1.29, 1.82) is 0 Å². The molecule has 58 valence electrons. The van der Waals surface area contributed by atoms with Crippen molar-refractivity contribution < 1.29 is 4.74 Å². The summed E-state index contributed by atoms with van der Waals surface area (Å²) in [5.74, 6) is 0. The normalized spacial score (nSPS) is 50.1. The first-order chi connectivity index (χ1) is 4.52. The van der Waals surface area contributed by atoms with E-state index in [9.17, 15) is 0 Å². The van der Waals surface area contributed by atoms with Gasteiger partial charge in [-0.1, -0.05) is 13.8 Å². The van der Waals surface area contributed by atoms with Crippen LogP contribution in [0.2, 0.25) is 0 Å². The highest BCUT2D eigenvalue weighted by molar-refractivity contribution is 5.05. The van der Waals surface area contributed by atoms with Gasteiger partial charge in [0.15, 0.2) is 0 Å². The van der Waals surface area contributed by atoms with Crippen molar-refractivity contribution in [2.24, 2.45) is 5.41 Å². The largest absolute Gasteiger partial charge is 0.366 e. The molecule has 10 heavy (non-hydrogen) atoms. The molecule has 2 aliphatic rings. The van der Waals surface area contributed by atoms with Crippen LogP contribution in [0.4, 0.5) is 0 Å². The molecule has 1 saturated carbocycles. The lowest BCUT2D eigenvalue weighted by molar-refractivity contribution is 0.208. The van der Waals surface area contributed by atoms with Gasteiger partial charge in [-0.25, -0.2) is 0 Å². The first-order valence-corrected chi connectivity index (χ1v) is 4.20. The van der Waals surface area contributed by atoms with Gasteiger partial charge < -0.3 is 4.74 Å². The summed E-state index contributed by atoms with van der Waals surface area (Å²) in [4.78, 5) is 0. The zero-order chi connectivity index (χ0) is 7.41. The Balaban J connectivity index is 2.09. The smallest absolute Gasteiger partial charge is 0.0925 e. The zero-order valence-electron chi connectivity index (χ0n) is 7.11. The number of fused-ring (bicyclic) bond motifs is 1. The maximum atomic E-state index is 5.60. The van der Waals surface area contributed by atoms with Crippen molar-refractivity contribution in [3.8, 4) is 0 Å². The van der Waals surface area contributed by atoms with Crippen LogP contribution in [-0.4, -0.2) is 11.7 Å². The molecule has 0 spiro atoms. The van der Waals surface area contributed by atoms with Crippen LogP contribution in [0.5, 0.6) is 0 Å². The highest BCUT2D eigenvalue weighted by atomic mass is 16.6. The molecule has 2 atom stereocenters. The number of ether oxygens (including phenoxy) is 1. The monoisotopic (exact) mass is 140 g/mol. The Morgan fingerprint density at radius 1 is 1.30 bits per heavy atom. The fourth-order valence-corrected chi connectivity index (χ4v) is 2.37. The molecule has 0 N–H and O–H groups in total. The van der Waals surface area contributed by atoms with E-state index in [1.165, 1.54) is 19.3 Å². The van der Waals surface area contributed by atoms with Gasteiger partial charge in [-0.05, 0) is 31.6 Å². The molecule has 1 heteroatoms. The van der Waals surface area contributed by atoms with Crippen LogP contribution in [0.15, 0.2) is 0 Å². The summed E-state index contributed by atoms with van der Waals surface area (Å²) < 4.78 is 5.60. The molecule has 1 aliphatic carbocycles. The minimum atomic E-state index is 0.280. The third kappa shape index (κ3) is 0.878. The third-order valence-corrected chi connectivity index (χ3v) is 2.95. The molecule has 2 fully saturated rings. The molecule has 1 saturated heterocycles. The molecule has 2 unspecified atom stereocenters. The van der Waals surface area contributed by atoms with Gasteiger partial charge in [-0.3, -0.25) is 0 Å². The molecule has 2 rings (SSSR count). The van der Waals surface area contributed by atoms with E-state index < -0.39 is 0 Å². The van der Waals surface area contributed by atoms with E-state index in [1.807, 2.05) is 0 Å². The Hall–Kier alpha value is -0.0400. The molecular weight excluding hydrogens is 124 g/mol. The van der Waals surface area contributed by atoms with E-state index in [-0.39, 0.29) is 5.60 Å². The van der Waals surface area contributed by atoms with Gasteiger partial charge in [0.05, 0.1) is 11.7 Å². The van der Waals surface area contributed by atoms with Crippen LogP contribution >= 0.6 is 0 Å². The van der Waals surface area contributed by atoms with E-state index in [0.717, 1.165) is 0 Å². The number of rotatable bonds is 0. The first-order valence-electron chi connectivity index (χ1n) is 4.20. The van der Waals surface area contributed by atoms with E-state index in [4.69, 9.17) is 4.74 Å². The summed E-state index contributed by atoms with van der Waals surface area (Å²) in [6, 6.07) is 0. The second kappa shape index (κ2) is 1.58. The van der Waals surface area contributed by atoms with E-state index >= 15 is 0 Å². The quantitative estimate of drug-likeness (QED) is 0.470. The summed E-state index contributed by atoms with van der Waals surface area (Å²) in [7, 11) is 0. The van der Waals surface area contributed by atoms with Crippen LogP contribution in [0.1, 0.15) is 40.0 Å². The third-order valence-electron chi connectivity index (χ3n) is 2.95. The van der Waals surface area contributed by atoms with Crippen LogP contribution < -0.4 is 0 Å². The molecular formula is C9H16O. The average molecular weight is 140 g/mol. The second-order valence-electron chi connectivity index (χ2n) is 4.80. The molecule has 1 aliphatic heterocycles. The Morgan fingerprint density at radius 2 is 2.00 bits per heavy atom. The topological polar surface area (TPSA) is 12.5 Å². The van der Waals surface area contributed by atoms with Gasteiger partial charge >= 0.3 is 0 Å². The SMILES string of the molecule is CC1(C)CCC2OC2(C)C1. The summed E-state index contributed by atoms with van der Waals surface area (Å²) >= 11 is 0. The maximum Gasteiger partial charge on any atom is 0.0925 e. The lowest BCUT2D eigenvalue weighted by Crippen LogP contribution is -2.28.